The first-order valence-electron chi connectivity index (χ1n) is 8.39. The predicted molar refractivity (Wildman–Crippen MR) is 104 cm³/mol. The van der Waals surface area contributed by atoms with Gasteiger partial charge in [0.15, 0.2) is 0 Å². The van der Waals surface area contributed by atoms with E-state index in [0.717, 1.165) is 0 Å². The van der Waals surface area contributed by atoms with Gasteiger partial charge in [0.1, 0.15) is 5.82 Å². The first kappa shape index (κ1) is 19.2. The molecule has 3 rings (SSSR count). The number of carbonyl (C=O) groups excluding carboxylic acids is 1. The number of hydrogen-bond acceptors (Lipinski definition) is 5. The zero-order chi connectivity index (χ0) is 19.4. The van der Waals surface area contributed by atoms with Crippen molar-refractivity contribution in [2.45, 2.75) is 0 Å². The quantitative estimate of drug-likeness (QED) is 0.574. The number of carbonyl (C=O) groups is 1. The van der Waals surface area contributed by atoms with E-state index in [1.54, 1.807) is 18.2 Å². The third-order valence-electron chi connectivity index (χ3n) is 4.37. The van der Waals surface area contributed by atoms with Crippen molar-refractivity contribution in [1.29, 1.82) is 0 Å². The Labute approximate surface area is 164 Å². The minimum atomic E-state index is -0.495. The summed E-state index contributed by atoms with van der Waals surface area (Å²) >= 11 is 3.23. The third kappa shape index (κ3) is 4.81. The van der Waals surface area contributed by atoms with Gasteiger partial charge in [0.05, 0.1) is 22.8 Å². The van der Waals surface area contributed by atoms with Crippen molar-refractivity contribution in [2.24, 2.45) is 0 Å². The lowest BCUT2D eigenvalue weighted by molar-refractivity contribution is -0.384. The molecule has 0 atom stereocenters. The molecule has 1 amide bonds. The van der Waals surface area contributed by atoms with Crippen molar-refractivity contribution in [3.05, 3.63) is 62.9 Å². The molecular weight excluding hydrogens is 419 g/mol. The maximum Gasteiger partial charge on any atom is 0.270 e. The first-order valence-corrected chi connectivity index (χ1v) is 9.19. The van der Waals surface area contributed by atoms with Crippen molar-refractivity contribution in [2.75, 3.05) is 42.9 Å². The fraction of sp³-hybridized carbons (Fsp3) is 0.278. The number of nitrogens with one attached hydrogen (secondary N) is 1. The summed E-state index contributed by atoms with van der Waals surface area (Å²) < 4.78 is 14.3. The summed E-state index contributed by atoms with van der Waals surface area (Å²) in [5, 5.41) is 13.5. The Bertz CT molecular complexity index is 856. The molecule has 142 valence electrons. The van der Waals surface area contributed by atoms with E-state index in [1.807, 2.05) is 9.80 Å². The molecule has 0 bridgehead atoms. The Balaban J connectivity index is 1.53. The summed E-state index contributed by atoms with van der Waals surface area (Å²) in [5.41, 5.74) is 1.01. The number of amides is 1. The number of rotatable bonds is 5. The first-order chi connectivity index (χ1) is 12.9. The maximum atomic E-state index is 13.9. The zero-order valence-electron chi connectivity index (χ0n) is 14.4. The summed E-state index contributed by atoms with van der Waals surface area (Å²) in [6, 6.07) is 10.9. The van der Waals surface area contributed by atoms with Gasteiger partial charge in [-0.05, 0) is 34.1 Å². The van der Waals surface area contributed by atoms with E-state index in [2.05, 4.69) is 21.2 Å². The fourth-order valence-corrected chi connectivity index (χ4v) is 3.43. The molecule has 2 aromatic carbocycles. The van der Waals surface area contributed by atoms with Crippen LogP contribution in [0.25, 0.3) is 0 Å². The average Bonchev–Trinajstić information content (AvgIpc) is 2.64. The number of halogens is 2. The molecule has 0 radical (unpaired) electrons. The van der Waals surface area contributed by atoms with Crippen LogP contribution in [0, 0.1) is 15.9 Å². The van der Waals surface area contributed by atoms with Gasteiger partial charge >= 0.3 is 0 Å². The van der Waals surface area contributed by atoms with Gasteiger partial charge in [0.25, 0.3) is 5.69 Å². The number of benzene rings is 2. The highest BCUT2D eigenvalue weighted by molar-refractivity contribution is 9.10. The highest BCUT2D eigenvalue weighted by atomic mass is 79.9. The monoisotopic (exact) mass is 436 g/mol. The number of nitrogens with zero attached hydrogens (tertiary/aromatic N) is 3. The fourth-order valence-electron chi connectivity index (χ4n) is 2.97. The van der Waals surface area contributed by atoms with E-state index >= 15 is 0 Å². The van der Waals surface area contributed by atoms with Crippen LogP contribution in [0.15, 0.2) is 46.9 Å². The van der Waals surface area contributed by atoms with Crippen LogP contribution in [0.3, 0.4) is 0 Å². The topological polar surface area (TPSA) is 78.7 Å². The van der Waals surface area contributed by atoms with Gasteiger partial charge in [-0.2, -0.15) is 0 Å². The van der Waals surface area contributed by atoms with Gasteiger partial charge in [-0.25, -0.2) is 4.39 Å². The van der Waals surface area contributed by atoms with Crippen LogP contribution in [0.2, 0.25) is 0 Å². The van der Waals surface area contributed by atoms with Crippen molar-refractivity contribution < 1.29 is 14.1 Å². The molecule has 1 heterocycles. The number of hydrogen-bond donors (Lipinski definition) is 1. The SMILES string of the molecule is O=C(CN1CCN(c2ccccc2F)CC1)Nc1ccc([N+](=O)[O-])cc1Br. The number of piperazine rings is 1. The highest BCUT2D eigenvalue weighted by Crippen LogP contribution is 2.27. The van der Waals surface area contributed by atoms with E-state index in [1.165, 1.54) is 24.3 Å². The molecular formula is C18H18BrFN4O3. The second-order valence-electron chi connectivity index (χ2n) is 6.18. The lowest BCUT2D eigenvalue weighted by Crippen LogP contribution is -2.48. The number of nitro benzene ring substituents is 1. The largest absolute Gasteiger partial charge is 0.367 e. The average molecular weight is 437 g/mol. The van der Waals surface area contributed by atoms with Crippen molar-refractivity contribution in [3.8, 4) is 0 Å². The molecule has 1 aliphatic heterocycles. The Kier molecular flexibility index (Phi) is 6.02. The predicted octanol–water partition coefficient (Wildman–Crippen LogP) is 3.26. The summed E-state index contributed by atoms with van der Waals surface area (Å²) in [5.74, 6) is -0.449. The molecule has 9 heteroatoms. The molecule has 1 N–H and O–H groups in total. The van der Waals surface area contributed by atoms with Crippen LogP contribution >= 0.6 is 15.9 Å². The Hall–Kier alpha value is -2.52. The normalized spacial score (nSPS) is 14.8. The molecule has 0 aromatic heterocycles. The second-order valence-corrected chi connectivity index (χ2v) is 7.04. The minimum Gasteiger partial charge on any atom is -0.367 e. The van der Waals surface area contributed by atoms with Crippen molar-refractivity contribution in [1.82, 2.24) is 4.90 Å². The minimum absolute atomic E-state index is 0.0517. The van der Waals surface area contributed by atoms with E-state index in [9.17, 15) is 19.3 Å². The maximum absolute atomic E-state index is 13.9. The number of para-hydroxylation sites is 1. The van der Waals surface area contributed by atoms with Gasteiger partial charge in [0.2, 0.25) is 5.91 Å². The smallest absolute Gasteiger partial charge is 0.270 e. The summed E-state index contributed by atoms with van der Waals surface area (Å²) in [6.45, 7) is 2.76. The van der Waals surface area contributed by atoms with E-state index < -0.39 is 4.92 Å². The molecule has 0 aliphatic carbocycles. The lowest BCUT2D eigenvalue weighted by atomic mass is 10.2. The van der Waals surface area contributed by atoms with Gasteiger partial charge in [-0.1, -0.05) is 12.1 Å². The molecule has 0 saturated carbocycles. The standard InChI is InChI=1S/C18H18BrFN4O3/c19-14-11-13(24(26)27)5-6-16(14)21-18(25)12-22-7-9-23(10-8-22)17-4-2-1-3-15(17)20/h1-6,11H,7-10,12H2,(H,21,25). The van der Waals surface area contributed by atoms with E-state index in [0.29, 0.717) is 42.0 Å². The molecule has 1 saturated heterocycles. The lowest BCUT2D eigenvalue weighted by Gasteiger charge is -2.35. The number of anilines is 2. The Morgan fingerprint density at radius 3 is 2.52 bits per heavy atom. The van der Waals surface area contributed by atoms with Crippen LogP contribution in [0.1, 0.15) is 0 Å². The van der Waals surface area contributed by atoms with Crippen molar-refractivity contribution >= 4 is 38.9 Å². The van der Waals surface area contributed by atoms with Gasteiger partial charge in [-0.3, -0.25) is 19.8 Å². The van der Waals surface area contributed by atoms with Crippen LogP contribution < -0.4 is 10.2 Å². The van der Waals surface area contributed by atoms with Crippen LogP contribution in [-0.4, -0.2) is 48.5 Å². The van der Waals surface area contributed by atoms with E-state index in [4.69, 9.17) is 0 Å². The summed E-state index contributed by atoms with van der Waals surface area (Å²) in [7, 11) is 0. The van der Waals surface area contributed by atoms with Crippen molar-refractivity contribution in [3.63, 3.8) is 0 Å². The molecule has 0 spiro atoms. The zero-order valence-corrected chi connectivity index (χ0v) is 16.0. The second kappa shape index (κ2) is 8.45. The molecule has 27 heavy (non-hydrogen) atoms. The molecule has 0 unspecified atom stereocenters. The van der Waals surface area contributed by atoms with Gasteiger partial charge in [-0.15, -0.1) is 0 Å². The van der Waals surface area contributed by atoms with Crippen LogP contribution in [0.4, 0.5) is 21.5 Å². The van der Waals surface area contributed by atoms with Crippen LogP contribution in [-0.2, 0) is 4.79 Å². The Morgan fingerprint density at radius 2 is 1.89 bits per heavy atom. The van der Waals surface area contributed by atoms with Crippen LogP contribution in [0.5, 0.6) is 0 Å². The summed E-state index contributed by atoms with van der Waals surface area (Å²) in [4.78, 5) is 26.5. The molecule has 1 fully saturated rings. The molecule has 2 aromatic rings. The third-order valence-corrected chi connectivity index (χ3v) is 5.03. The number of non-ortho nitro benzene ring substituents is 1. The molecule has 1 aliphatic rings. The molecule has 7 nitrogen and oxygen atoms in total. The van der Waals surface area contributed by atoms with Gasteiger partial charge in [0, 0.05) is 42.8 Å². The van der Waals surface area contributed by atoms with E-state index in [-0.39, 0.29) is 24.0 Å². The summed E-state index contributed by atoms with van der Waals surface area (Å²) in [6.07, 6.45) is 0. The number of nitro groups is 1. The van der Waals surface area contributed by atoms with Gasteiger partial charge < -0.3 is 10.2 Å². The Morgan fingerprint density at radius 1 is 1.19 bits per heavy atom. The highest BCUT2D eigenvalue weighted by Gasteiger charge is 2.21.